The van der Waals surface area contributed by atoms with Crippen LogP contribution in [0.15, 0.2) is 36.4 Å². The summed E-state index contributed by atoms with van der Waals surface area (Å²) in [6.07, 6.45) is -4.33. The molecule has 1 amide bonds. The molecule has 144 valence electrons. The van der Waals surface area contributed by atoms with Crippen LogP contribution < -0.4 is 10.1 Å². The SMILES string of the molecule is CCC(=O)Nc1ccc(COc2ccc(C(F)(F)F)cc2Cl)cc1C(=O)O. The second-order valence-electron chi connectivity index (χ2n) is 5.52. The molecular weight excluding hydrogens is 387 g/mol. The van der Waals surface area contributed by atoms with E-state index in [9.17, 15) is 27.9 Å². The van der Waals surface area contributed by atoms with Gasteiger partial charge in [-0.2, -0.15) is 13.2 Å². The summed E-state index contributed by atoms with van der Waals surface area (Å²) >= 11 is 5.82. The van der Waals surface area contributed by atoms with E-state index in [2.05, 4.69) is 5.32 Å². The Morgan fingerprint density at radius 2 is 1.89 bits per heavy atom. The number of alkyl halides is 3. The van der Waals surface area contributed by atoms with Gasteiger partial charge in [-0.05, 0) is 35.9 Å². The minimum Gasteiger partial charge on any atom is -0.487 e. The third kappa shape index (κ3) is 5.37. The van der Waals surface area contributed by atoms with Gasteiger partial charge in [0.05, 0.1) is 21.8 Å². The van der Waals surface area contributed by atoms with Crippen molar-refractivity contribution < 1.29 is 32.6 Å². The standard InChI is InChI=1S/C18H15ClF3NO4/c1-2-16(24)23-14-5-3-10(7-12(14)17(25)26)9-27-15-6-4-11(8-13(15)19)18(20,21)22/h3-8H,2,9H2,1H3,(H,23,24)(H,25,26). The summed E-state index contributed by atoms with van der Waals surface area (Å²) in [5, 5.41) is 11.6. The van der Waals surface area contributed by atoms with E-state index in [4.69, 9.17) is 16.3 Å². The number of carboxylic acids is 1. The van der Waals surface area contributed by atoms with Crippen LogP contribution in [0, 0.1) is 0 Å². The molecule has 0 aromatic heterocycles. The number of nitrogens with one attached hydrogen (secondary N) is 1. The van der Waals surface area contributed by atoms with Crippen LogP contribution in [0.2, 0.25) is 5.02 Å². The van der Waals surface area contributed by atoms with E-state index < -0.39 is 17.7 Å². The topological polar surface area (TPSA) is 75.6 Å². The summed E-state index contributed by atoms with van der Waals surface area (Å²) in [5.74, 6) is -1.54. The molecule has 2 aromatic rings. The van der Waals surface area contributed by atoms with E-state index >= 15 is 0 Å². The van der Waals surface area contributed by atoms with Gasteiger partial charge in [-0.15, -0.1) is 0 Å². The molecule has 0 aliphatic rings. The lowest BCUT2D eigenvalue weighted by molar-refractivity contribution is -0.137. The van der Waals surface area contributed by atoms with Crippen molar-refractivity contribution in [2.24, 2.45) is 0 Å². The molecule has 27 heavy (non-hydrogen) atoms. The average Bonchev–Trinajstić information content (AvgIpc) is 2.60. The Hall–Kier alpha value is -2.74. The maximum atomic E-state index is 12.6. The average molecular weight is 402 g/mol. The smallest absolute Gasteiger partial charge is 0.416 e. The molecule has 0 fully saturated rings. The van der Waals surface area contributed by atoms with Crippen LogP contribution in [-0.4, -0.2) is 17.0 Å². The Balaban J connectivity index is 2.17. The number of anilines is 1. The van der Waals surface area contributed by atoms with Gasteiger partial charge in [0.1, 0.15) is 12.4 Å². The summed E-state index contributed by atoms with van der Waals surface area (Å²) in [5.41, 5.74) is -0.441. The highest BCUT2D eigenvalue weighted by molar-refractivity contribution is 6.32. The lowest BCUT2D eigenvalue weighted by Gasteiger charge is -2.13. The van der Waals surface area contributed by atoms with E-state index in [1.165, 1.54) is 18.2 Å². The number of amides is 1. The fraction of sp³-hybridized carbons (Fsp3) is 0.222. The Morgan fingerprint density at radius 3 is 2.44 bits per heavy atom. The van der Waals surface area contributed by atoms with Gasteiger partial charge in [-0.25, -0.2) is 4.79 Å². The van der Waals surface area contributed by atoms with Crippen LogP contribution in [0.25, 0.3) is 0 Å². The van der Waals surface area contributed by atoms with Crippen molar-refractivity contribution >= 4 is 29.2 Å². The number of ether oxygens (including phenoxy) is 1. The number of hydrogen-bond acceptors (Lipinski definition) is 3. The molecule has 2 aromatic carbocycles. The molecule has 0 aliphatic heterocycles. The fourth-order valence-electron chi connectivity index (χ4n) is 2.16. The van der Waals surface area contributed by atoms with Crippen molar-refractivity contribution in [1.29, 1.82) is 0 Å². The van der Waals surface area contributed by atoms with Crippen LogP contribution in [-0.2, 0) is 17.6 Å². The minimum atomic E-state index is -4.52. The molecule has 0 bridgehead atoms. The molecule has 2 rings (SSSR count). The van der Waals surface area contributed by atoms with Crippen LogP contribution in [0.1, 0.15) is 34.8 Å². The molecular formula is C18H15ClF3NO4. The van der Waals surface area contributed by atoms with Gasteiger partial charge in [-0.1, -0.05) is 24.6 Å². The van der Waals surface area contributed by atoms with Crippen molar-refractivity contribution in [2.45, 2.75) is 26.1 Å². The number of carbonyl (C=O) groups excluding carboxylic acids is 1. The molecule has 9 heteroatoms. The predicted molar refractivity (Wildman–Crippen MR) is 93.1 cm³/mol. The molecule has 0 unspecified atom stereocenters. The molecule has 0 radical (unpaired) electrons. The zero-order valence-electron chi connectivity index (χ0n) is 14.1. The number of rotatable bonds is 6. The quantitative estimate of drug-likeness (QED) is 0.715. The predicted octanol–water partition coefficient (Wildman–Crippen LogP) is 4.98. The van der Waals surface area contributed by atoms with Crippen molar-refractivity contribution in [2.75, 3.05) is 5.32 Å². The summed E-state index contributed by atoms with van der Waals surface area (Å²) < 4.78 is 43.3. The van der Waals surface area contributed by atoms with Gasteiger partial charge in [0.15, 0.2) is 0 Å². The molecule has 0 saturated carbocycles. The normalized spacial score (nSPS) is 11.1. The van der Waals surface area contributed by atoms with Gasteiger partial charge >= 0.3 is 12.1 Å². The van der Waals surface area contributed by atoms with Crippen molar-refractivity contribution in [3.63, 3.8) is 0 Å². The summed E-state index contributed by atoms with van der Waals surface area (Å²) in [6, 6.07) is 6.96. The summed E-state index contributed by atoms with van der Waals surface area (Å²) in [6.45, 7) is 1.51. The molecule has 0 aliphatic carbocycles. The second kappa shape index (κ2) is 8.30. The van der Waals surface area contributed by atoms with Gasteiger partial charge in [0.2, 0.25) is 5.91 Å². The number of hydrogen-bond donors (Lipinski definition) is 2. The highest BCUT2D eigenvalue weighted by Gasteiger charge is 2.31. The Morgan fingerprint density at radius 1 is 1.19 bits per heavy atom. The minimum absolute atomic E-state index is 0.0323. The first-order chi connectivity index (χ1) is 12.6. The Bertz CT molecular complexity index is 868. The van der Waals surface area contributed by atoms with E-state index in [0.717, 1.165) is 18.2 Å². The van der Waals surface area contributed by atoms with Crippen LogP contribution >= 0.6 is 11.6 Å². The van der Waals surface area contributed by atoms with Crippen molar-refractivity contribution in [3.05, 3.63) is 58.1 Å². The number of halogens is 4. The lowest BCUT2D eigenvalue weighted by Crippen LogP contribution is -2.13. The van der Waals surface area contributed by atoms with E-state index in [0.29, 0.717) is 5.56 Å². The first-order valence-corrected chi connectivity index (χ1v) is 8.15. The van der Waals surface area contributed by atoms with Crippen molar-refractivity contribution in [3.8, 4) is 5.75 Å². The largest absolute Gasteiger partial charge is 0.487 e. The first-order valence-electron chi connectivity index (χ1n) is 7.77. The van der Waals surface area contributed by atoms with E-state index in [1.807, 2.05) is 0 Å². The summed E-state index contributed by atoms with van der Waals surface area (Å²) in [4.78, 5) is 22.8. The number of carboxylic acid groups (broad SMARTS) is 1. The molecule has 2 N–H and O–H groups in total. The lowest BCUT2D eigenvalue weighted by atomic mass is 10.1. The maximum Gasteiger partial charge on any atom is 0.416 e. The van der Waals surface area contributed by atoms with Crippen LogP contribution in [0.5, 0.6) is 5.75 Å². The Kier molecular flexibility index (Phi) is 6.32. The summed E-state index contributed by atoms with van der Waals surface area (Å²) in [7, 11) is 0. The number of aromatic carboxylic acids is 1. The fourth-order valence-corrected chi connectivity index (χ4v) is 2.40. The van der Waals surface area contributed by atoms with Crippen molar-refractivity contribution in [1.82, 2.24) is 0 Å². The zero-order chi connectivity index (χ0) is 20.2. The molecule has 0 atom stereocenters. The monoisotopic (exact) mass is 401 g/mol. The second-order valence-corrected chi connectivity index (χ2v) is 5.93. The third-order valence-electron chi connectivity index (χ3n) is 3.56. The number of benzene rings is 2. The van der Waals surface area contributed by atoms with Gasteiger partial charge in [0.25, 0.3) is 0 Å². The highest BCUT2D eigenvalue weighted by Crippen LogP contribution is 2.35. The van der Waals surface area contributed by atoms with Gasteiger partial charge < -0.3 is 15.2 Å². The third-order valence-corrected chi connectivity index (χ3v) is 3.86. The number of carbonyl (C=O) groups is 2. The molecule has 0 saturated heterocycles. The Labute approximate surface area is 157 Å². The van der Waals surface area contributed by atoms with Crippen LogP contribution in [0.4, 0.5) is 18.9 Å². The first kappa shape index (κ1) is 20.6. The highest BCUT2D eigenvalue weighted by atomic mass is 35.5. The van der Waals surface area contributed by atoms with Gasteiger partial charge in [0, 0.05) is 6.42 Å². The van der Waals surface area contributed by atoms with E-state index in [-0.39, 0.29) is 41.0 Å². The molecule has 0 heterocycles. The van der Waals surface area contributed by atoms with Gasteiger partial charge in [-0.3, -0.25) is 4.79 Å². The van der Waals surface area contributed by atoms with E-state index in [1.54, 1.807) is 6.92 Å². The van der Waals surface area contributed by atoms with Crippen LogP contribution in [0.3, 0.4) is 0 Å². The molecule has 0 spiro atoms. The molecule has 5 nitrogen and oxygen atoms in total. The zero-order valence-corrected chi connectivity index (χ0v) is 14.8. The maximum absolute atomic E-state index is 12.6.